The molecule has 0 aromatic heterocycles. The molecule has 0 unspecified atom stereocenters. The van der Waals surface area contributed by atoms with Gasteiger partial charge in [0.25, 0.3) is 0 Å². The highest BCUT2D eigenvalue weighted by Crippen LogP contribution is 2.44. The van der Waals surface area contributed by atoms with Crippen LogP contribution in [0.25, 0.3) is 0 Å². The Kier molecular flexibility index (Phi) is 11.3. The third kappa shape index (κ3) is 8.98. The molecule has 3 heterocycles. The Morgan fingerprint density at radius 2 is 1.84 bits per heavy atom. The normalized spacial score (nSPS) is 23.3. The van der Waals surface area contributed by atoms with Gasteiger partial charge in [-0.15, -0.1) is 0 Å². The number of anilines is 1. The maximum Gasteiger partial charge on any atom is 0.309 e. The summed E-state index contributed by atoms with van der Waals surface area (Å²) in [5.74, 6) is 0.0726. The van der Waals surface area contributed by atoms with Gasteiger partial charge in [-0.3, -0.25) is 14.5 Å². The first kappa shape index (κ1) is 36.7. The van der Waals surface area contributed by atoms with E-state index in [9.17, 15) is 23.1 Å². The molecule has 0 bridgehead atoms. The van der Waals surface area contributed by atoms with E-state index in [-0.39, 0.29) is 43.8 Å². The summed E-state index contributed by atoms with van der Waals surface area (Å²) in [5, 5.41) is 13.9. The maximum absolute atomic E-state index is 13.7. The summed E-state index contributed by atoms with van der Waals surface area (Å²) in [6.07, 6.45) is -0.997. The van der Waals surface area contributed by atoms with Crippen molar-refractivity contribution in [1.82, 2.24) is 10.2 Å². The third-order valence-electron chi connectivity index (χ3n) is 9.35. The van der Waals surface area contributed by atoms with E-state index >= 15 is 0 Å². The maximum atomic E-state index is 13.7. The molecule has 0 radical (unpaired) electrons. The number of carbonyl (C=O) groups excluding carboxylic acids is 2. The van der Waals surface area contributed by atoms with Crippen molar-refractivity contribution in [1.29, 1.82) is 0 Å². The summed E-state index contributed by atoms with van der Waals surface area (Å²) in [6, 6.07) is 12.7. The van der Waals surface area contributed by atoms with Crippen LogP contribution in [0.4, 0.5) is 5.69 Å². The second-order valence-corrected chi connectivity index (χ2v) is 17.0. The number of benzene rings is 2. The number of hydrogen-bond donors (Lipinski definition) is 2. The van der Waals surface area contributed by atoms with Crippen LogP contribution >= 0.6 is 0 Å². The molecule has 5 atom stereocenters. The van der Waals surface area contributed by atoms with Gasteiger partial charge in [0.05, 0.1) is 24.9 Å². The molecule has 3 aliphatic rings. The molecule has 1 amide bonds. The summed E-state index contributed by atoms with van der Waals surface area (Å²) in [7, 11) is -1.79. The number of fused-ring (bicyclic) bond motifs is 1. The number of methoxy groups -OCH3 is 1. The molecule has 0 saturated carbocycles. The lowest BCUT2D eigenvalue weighted by molar-refractivity contribution is -0.155. The molecule has 2 saturated heterocycles. The Labute approximate surface area is 289 Å². The van der Waals surface area contributed by atoms with Gasteiger partial charge in [-0.1, -0.05) is 44.2 Å². The van der Waals surface area contributed by atoms with Crippen LogP contribution in [0.15, 0.2) is 42.5 Å². The molecule has 12 nitrogen and oxygen atoms in total. The average Bonchev–Trinajstić information content (AvgIpc) is 3.63. The highest BCUT2D eigenvalue weighted by Gasteiger charge is 2.45. The highest BCUT2D eigenvalue weighted by molar-refractivity contribution is 7.92. The molecule has 5 rings (SSSR count). The lowest BCUT2D eigenvalue weighted by Gasteiger charge is -2.43. The predicted octanol–water partition coefficient (Wildman–Crippen LogP) is 3.19. The van der Waals surface area contributed by atoms with Crippen molar-refractivity contribution in [2.45, 2.75) is 82.9 Å². The van der Waals surface area contributed by atoms with Crippen molar-refractivity contribution in [3.8, 4) is 17.2 Å². The molecular weight excluding hydrogens is 650 g/mol. The fourth-order valence-corrected chi connectivity index (χ4v) is 9.45. The van der Waals surface area contributed by atoms with Gasteiger partial charge in [-0.2, -0.15) is 0 Å². The predicted molar refractivity (Wildman–Crippen MR) is 186 cm³/mol. The van der Waals surface area contributed by atoms with Crippen LogP contribution < -0.4 is 24.4 Å². The van der Waals surface area contributed by atoms with E-state index in [0.717, 1.165) is 11.3 Å². The first-order valence-electron chi connectivity index (χ1n) is 17.1. The second-order valence-electron chi connectivity index (χ2n) is 14.7. The number of aliphatic hydroxyl groups is 1. The van der Waals surface area contributed by atoms with Gasteiger partial charge < -0.3 is 34.3 Å². The summed E-state index contributed by atoms with van der Waals surface area (Å²) in [6.45, 7) is 11.1. The number of piperazine rings is 1. The lowest BCUT2D eigenvalue weighted by Crippen LogP contribution is -2.62. The van der Waals surface area contributed by atoms with Crippen LogP contribution in [0.5, 0.6) is 17.2 Å². The Morgan fingerprint density at radius 1 is 1.10 bits per heavy atom. The molecular formula is C36H51N3O9S. The SMILES string of the molecule is COc1cc(N2CCN(C[C@@H](O)C[C@@H](Cc3ccccc3)C(=O)O[C@@H]3CCS(=O)(=O)[C@@H]3C(C)C)[C@H](C(=O)NC(C)(C)C)C2)cc2c1OCO2. The molecule has 270 valence electrons. The minimum absolute atomic E-state index is 0.0111. The number of aliphatic hydroxyl groups excluding tert-OH is 1. The van der Waals surface area contributed by atoms with Gasteiger partial charge in [0.15, 0.2) is 21.3 Å². The number of ether oxygens (including phenoxy) is 4. The number of sulfone groups is 1. The van der Waals surface area contributed by atoms with Crippen LogP contribution in [0, 0.1) is 11.8 Å². The second kappa shape index (κ2) is 15.1. The summed E-state index contributed by atoms with van der Waals surface area (Å²) >= 11 is 0. The Hall–Kier alpha value is -3.55. The molecule has 0 aliphatic carbocycles. The monoisotopic (exact) mass is 701 g/mol. The van der Waals surface area contributed by atoms with E-state index < -0.39 is 50.8 Å². The van der Waals surface area contributed by atoms with Crippen LogP contribution in [0.3, 0.4) is 0 Å². The largest absolute Gasteiger partial charge is 0.493 e. The van der Waals surface area contributed by atoms with Gasteiger partial charge in [-0.05, 0) is 51.5 Å². The summed E-state index contributed by atoms with van der Waals surface area (Å²) in [5.41, 5.74) is 1.26. The minimum atomic E-state index is -3.36. The van der Waals surface area contributed by atoms with E-state index in [2.05, 4.69) is 10.2 Å². The zero-order valence-corrected chi connectivity index (χ0v) is 30.2. The van der Waals surface area contributed by atoms with E-state index in [1.54, 1.807) is 7.11 Å². The van der Waals surface area contributed by atoms with Crippen molar-refractivity contribution >= 4 is 27.4 Å². The van der Waals surface area contributed by atoms with Crippen LogP contribution in [-0.2, 0) is 30.6 Å². The molecule has 2 N–H and O–H groups in total. The number of nitrogens with zero attached hydrogens (tertiary/aromatic N) is 2. The van der Waals surface area contributed by atoms with E-state index in [1.807, 2.05) is 82.0 Å². The summed E-state index contributed by atoms with van der Waals surface area (Å²) < 4.78 is 48.1. The molecule has 3 aliphatic heterocycles. The Balaban J connectivity index is 1.33. The number of β-amino-alcohol motifs (C(OH)–C–C–N with tert-alkyl or cyclic N) is 1. The average molecular weight is 702 g/mol. The molecule has 2 aromatic rings. The Morgan fingerprint density at radius 3 is 2.51 bits per heavy atom. The topological polar surface area (TPSA) is 144 Å². The number of esters is 1. The van der Waals surface area contributed by atoms with E-state index in [1.165, 1.54) is 0 Å². The molecule has 13 heteroatoms. The van der Waals surface area contributed by atoms with Crippen LogP contribution in [-0.4, -0.2) is 105 Å². The molecule has 2 aromatic carbocycles. The number of nitrogens with one attached hydrogen (secondary N) is 1. The molecule has 2 fully saturated rings. The number of hydrogen-bond acceptors (Lipinski definition) is 11. The summed E-state index contributed by atoms with van der Waals surface area (Å²) in [4.78, 5) is 31.5. The zero-order valence-electron chi connectivity index (χ0n) is 29.4. The Bertz CT molecular complexity index is 1580. The van der Waals surface area contributed by atoms with Gasteiger partial charge in [-0.25, -0.2) is 8.42 Å². The van der Waals surface area contributed by atoms with E-state index in [0.29, 0.717) is 43.3 Å². The number of amides is 1. The number of carbonyl (C=O) groups is 2. The first-order chi connectivity index (χ1) is 23.1. The number of rotatable bonds is 12. The smallest absolute Gasteiger partial charge is 0.309 e. The van der Waals surface area contributed by atoms with Crippen LogP contribution in [0.2, 0.25) is 0 Å². The lowest BCUT2D eigenvalue weighted by atomic mass is 9.92. The minimum Gasteiger partial charge on any atom is -0.493 e. The standard InChI is InChI=1S/C36H51N3O9S/c1-23(2)33-29(12-15-49(33,43)44)48-35(42)25(16-24-10-8-7-9-11-24)17-27(40)20-39-14-13-38(21-28(39)34(41)37-36(3,4)5)26-18-30(45-6)32-31(19-26)46-22-47-32/h7-11,18-19,23,25,27-29,33,40H,12-17,20-22H2,1-6H3,(H,37,41)/t25-,27+,28+,29-,33-/m1/s1. The van der Waals surface area contributed by atoms with Crippen molar-refractivity contribution in [2.24, 2.45) is 11.8 Å². The molecule has 0 spiro atoms. The zero-order chi connectivity index (χ0) is 35.5. The van der Waals surface area contributed by atoms with Crippen molar-refractivity contribution in [2.75, 3.05) is 50.7 Å². The fourth-order valence-electron chi connectivity index (χ4n) is 7.14. The molecule has 49 heavy (non-hydrogen) atoms. The van der Waals surface area contributed by atoms with Gasteiger partial charge in [0, 0.05) is 49.5 Å². The van der Waals surface area contributed by atoms with Gasteiger partial charge >= 0.3 is 5.97 Å². The van der Waals surface area contributed by atoms with Crippen molar-refractivity contribution < 1.29 is 42.1 Å². The van der Waals surface area contributed by atoms with Crippen molar-refractivity contribution in [3.63, 3.8) is 0 Å². The first-order valence-corrected chi connectivity index (χ1v) is 18.8. The van der Waals surface area contributed by atoms with Gasteiger partial charge in [0.2, 0.25) is 18.4 Å². The fraction of sp³-hybridized carbons (Fsp3) is 0.611. The van der Waals surface area contributed by atoms with Gasteiger partial charge in [0.1, 0.15) is 17.4 Å². The van der Waals surface area contributed by atoms with E-state index in [4.69, 9.17) is 18.9 Å². The van der Waals surface area contributed by atoms with Crippen molar-refractivity contribution in [3.05, 3.63) is 48.0 Å². The van der Waals surface area contributed by atoms with Crippen LogP contribution in [0.1, 0.15) is 53.0 Å². The third-order valence-corrected chi connectivity index (χ3v) is 11.8. The highest BCUT2D eigenvalue weighted by atomic mass is 32.2. The quantitative estimate of drug-likeness (QED) is 0.315.